The van der Waals surface area contributed by atoms with Crippen molar-refractivity contribution in [3.63, 3.8) is 0 Å². The van der Waals surface area contributed by atoms with E-state index in [2.05, 4.69) is 11.9 Å². The van der Waals surface area contributed by atoms with E-state index in [1.807, 2.05) is 45.0 Å². The van der Waals surface area contributed by atoms with Crippen LogP contribution in [0.25, 0.3) is 5.57 Å². The monoisotopic (exact) mass is 290 g/mol. The highest BCUT2D eigenvalue weighted by molar-refractivity contribution is 5.80. The lowest BCUT2D eigenvalue weighted by molar-refractivity contribution is -0.137. The normalized spacial score (nSPS) is 10.9. The van der Waals surface area contributed by atoms with Gasteiger partial charge in [-0.3, -0.25) is 4.79 Å². The van der Waals surface area contributed by atoms with E-state index >= 15 is 0 Å². The highest BCUT2D eigenvalue weighted by Crippen LogP contribution is 2.23. The lowest BCUT2D eigenvalue weighted by Crippen LogP contribution is -2.48. The quantitative estimate of drug-likeness (QED) is 0.876. The molecule has 0 atom stereocenters. The minimum atomic E-state index is -1.05. The van der Waals surface area contributed by atoms with Crippen LogP contribution in [0.5, 0.6) is 0 Å². The molecule has 1 aromatic rings. The first kappa shape index (κ1) is 16.8. The zero-order valence-corrected chi connectivity index (χ0v) is 12.9. The van der Waals surface area contributed by atoms with Gasteiger partial charge in [-0.1, -0.05) is 30.4 Å². The van der Waals surface area contributed by atoms with Crippen molar-refractivity contribution in [1.82, 2.24) is 10.2 Å². The van der Waals surface area contributed by atoms with Crippen LogP contribution in [0.15, 0.2) is 30.8 Å². The fourth-order valence-corrected chi connectivity index (χ4v) is 1.88. The van der Waals surface area contributed by atoms with Gasteiger partial charge in [0.25, 0.3) is 0 Å². The van der Waals surface area contributed by atoms with Gasteiger partial charge in [0.1, 0.15) is 6.54 Å². The SMILES string of the molecule is C=C(C)c1cccc(C(C)(C)NC(=O)N(C)CC(=O)O)c1. The Balaban J connectivity index is 2.90. The maximum absolute atomic E-state index is 12.0. The Hall–Kier alpha value is -2.30. The van der Waals surface area contributed by atoms with Crippen LogP contribution in [0.3, 0.4) is 0 Å². The molecule has 0 unspecified atom stereocenters. The maximum Gasteiger partial charge on any atom is 0.323 e. The molecule has 0 aliphatic carbocycles. The average molecular weight is 290 g/mol. The number of carboxylic acid groups (broad SMARTS) is 1. The Kier molecular flexibility index (Phi) is 5.13. The third-order valence-electron chi connectivity index (χ3n) is 3.22. The maximum atomic E-state index is 12.0. The van der Waals surface area contributed by atoms with Crippen LogP contribution in [0.4, 0.5) is 4.79 Å². The van der Waals surface area contributed by atoms with E-state index in [1.54, 1.807) is 0 Å². The Morgan fingerprint density at radius 1 is 1.38 bits per heavy atom. The summed E-state index contributed by atoms with van der Waals surface area (Å²) < 4.78 is 0. The second-order valence-corrected chi connectivity index (χ2v) is 5.67. The molecule has 0 aliphatic heterocycles. The summed E-state index contributed by atoms with van der Waals surface area (Å²) in [4.78, 5) is 23.8. The fourth-order valence-electron chi connectivity index (χ4n) is 1.88. The molecule has 0 heterocycles. The molecule has 0 saturated heterocycles. The van der Waals surface area contributed by atoms with Crippen molar-refractivity contribution in [2.45, 2.75) is 26.3 Å². The number of likely N-dealkylation sites (N-methyl/N-ethyl adjacent to an activating group) is 1. The van der Waals surface area contributed by atoms with Crippen LogP contribution in [0.1, 0.15) is 31.9 Å². The van der Waals surface area contributed by atoms with Crippen LogP contribution in [-0.2, 0) is 10.3 Å². The molecule has 0 bridgehead atoms. The standard InChI is InChI=1S/C16H22N2O3/c1-11(2)12-7-6-8-13(9-12)16(3,4)17-15(21)18(5)10-14(19)20/h6-9H,1,10H2,2-5H3,(H,17,21)(H,19,20). The Morgan fingerprint density at radius 3 is 2.52 bits per heavy atom. The lowest BCUT2D eigenvalue weighted by Gasteiger charge is -2.29. The van der Waals surface area contributed by atoms with E-state index in [0.717, 1.165) is 21.6 Å². The van der Waals surface area contributed by atoms with Crippen LogP contribution < -0.4 is 5.32 Å². The first-order chi connectivity index (χ1) is 9.63. The van der Waals surface area contributed by atoms with Gasteiger partial charge >= 0.3 is 12.0 Å². The van der Waals surface area contributed by atoms with Gasteiger partial charge in [0.2, 0.25) is 0 Å². The molecule has 0 saturated carbocycles. The number of aliphatic carboxylic acids is 1. The topological polar surface area (TPSA) is 69.6 Å². The number of carboxylic acids is 1. The summed E-state index contributed by atoms with van der Waals surface area (Å²) in [6.45, 7) is 9.24. The molecule has 0 radical (unpaired) electrons. The summed E-state index contributed by atoms with van der Waals surface area (Å²) in [5.41, 5.74) is 2.27. The number of nitrogens with zero attached hydrogens (tertiary/aromatic N) is 1. The number of urea groups is 1. The fraction of sp³-hybridized carbons (Fsp3) is 0.375. The predicted molar refractivity (Wildman–Crippen MR) is 83.0 cm³/mol. The molecule has 114 valence electrons. The third-order valence-corrected chi connectivity index (χ3v) is 3.22. The van der Waals surface area contributed by atoms with Crippen LogP contribution >= 0.6 is 0 Å². The number of allylic oxidation sites excluding steroid dienone is 1. The molecule has 21 heavy (non-hydrogen) atoms. The van der Waals surface area contributed by atoms with Crippen molar-refractivity contribution in [3.05, 3.63) is 42.0 Å². The van der Waals surface area contributed by atoms with Crippen LogP contribution in [-0.4, -0.2) is 35.6 Å². The zero-order valence-electron chi connectivity index (χ0n) is 12.9. The molecule has 2 amide bonds. The first-order valence-electron chi connectivity index (χ1n) is 6.65. The molecule has 0 fully saturated rings. The van der Waals surface area contributed by atoms with E-state index < -0.39 is 17.5 Å². The molecular formula is C16H22N2O3. The lowest BCUT2D eigenvalue weighted by atomic mass is 9.92. The largest absolute Gasteiger partial charge is 0.480 e. The van der Waals surface area contributed by atoms with Gasteiger partial charge in [0.05, 0.1) is 5.54 Å². The van der Waals surface area contributed by atoms with Gasteiger partial charge in [-0.25, -0.2) is 4.79 Å². The summed E-state index contributed by atoms with van der Waals surface area (Å²) in [5.74, 6) is -1.05. The third kappa shape index (κ3) is 4.63. The van der Waals surface area contributed by atoms with E-state index in [1.165, 1.54) is 7.05 Å². The second-order valence-electron chi connectivity index (χ2n) is 5.67. The molecule has 0 spiro atoms. The number of hydrogen-bond donors (Lipinski definition) is 2. The number of amides is 2. The van der Waals surface area contributed by atoms with Crippen molar-refractivity contribution in [1.29, 1.82) is 0 Å². The smallest absolute Gasteiger partial charge is 0.323 e. The highest BCUT2D eigenvalue weighted by atomic mass is 16.4. The van der Waals surface area contributed by atoms with E-state index in [0.29, 0.717) is 0 Å². The number of carbonyl (C=O) groups is 2. The van der Waals surface area contributed by atoms with Gasteiger partial charge in [0, 0.05) is 7.05 Å². The number of carbonyl (C=O) groups excluding carboxylic acids is 1. The number of nitrogens with one attached hydrogen (secondary N) is 1. The van der Waals surface area contributed by atoms with Crippen molar-refractivity contribution in [3.8, 4) is 0 Å². The number of benzene rings is 1. The Bertz CT molecular complexity index is 564. The molecule has 2 N–H and O–H groups in total. The highest BCUT2D eigenvalue weighted by Gasteiger charge is 2.25. The van der Waals surface area contributed by atoms with Crippen molar-refractivity contribution >= 4 is 17.6 Å². The van der Waals surface area contributed by atoms with E-state index in [9.17, 15) is 9.59 Å². The van der Waals surface area contributed by atoms with Gasteiger partial charge in [0.15, 0.2) is 0 Å². The predicted octanol–water partition coefficient (Wildman–Crippen LogP) is 2.68. The van der Waals surface area contributed by atoms with Crippen molar-refractivity contribution in [2.75, 3.05) is 13.6 Å². The minimum absolute atomic E-state index is 0.340. The van der Waals surface area contributed by atoms with E-state index in [4.69, 9.17) is 5.11 Å². The van der Waals surface area contributed by atoms with Gasteiger partial charge in [-0.2, -0.15) is 0 Å². The average Bonchev–Trinajstić information content (AvgIpc) is 2.37. The van der Waals surface area contributed by atoms with Gasteiger partial charge in [-0.15, -0.1) is 0 Å². The molecule has 1 rings (SSSR count). The Morgan fingerprint density at radius 2 is 2.00 bits per heavy atom. The summed E-state index contributed by atoms with van der Waals surface area (Å²) >= 11 is 0. The number of rotatable bonds is 5. The zero-order chi connectivity index (χ0) is 16.2. The molecule has 5 heteroatoms. The summed E-state index contributed by atoms with van der Waals surface area (Å²) in [6, 6.07) is 7.33. The Labute approximate surface area is 125 Å². The van der Waals surface area contributed by atoms with Gasteiger partial charge < -0.3 is 15.3 Å². The molecule has 0 aromatic heterocycles. The molecule has 1 aromatic carbocycles. The summed E-state index contributed by atoms with van der Waals surface area (Å²) in [5, 5.41) is 11.6. The van der Waals surface area contributed by atoms with E-state index in [-0.39, 0.29) is 6.54 Å². The molecule has 5 nitrogen and oxygen atoms in total. The van der Waals surface area contributed by atoms with Crippen LogP contribution in [0, 0.1) is 0 Å². The second kappa shape index (κ2) is 6.43. The van der Waals surface area contributed by atoms with Crippen molar-refractivity contribution < 1.29 is 14.7 Å². The summed E-state index contributed by atoms with van der Waals surface area (Å²) in [7, 11) is 1.45. The van der Waals surface area contributed by atoms with Gasteiger partial charge in [-0.05, 0) is 38.0 Å². The summed E-state index contributed by atoms with van der Waals surface area (Å²) in [6.07, 6.45) is 0. The number of hydrogen-bond acceptors (Lipinski definition) is 2. The minimum Gasteiger partial charge on any atom is -0.480 e. The first-order valence-corrected chi connectivity index (χ1v) is 6.65. The molecular weight excluding hydrogens is 268 g/mol. The molecule has 0 aliphatic rings. The van der Waals surface area contributed by atoms with Crippen molar-refractivity contribution in [2.24, 2.45) is 0 Å². The van der Waals surface area contributed by atoms with Crippen LogP contribution in [0.2, 0.25) is 0 Å².